The van der Waals surface area contributed by atoms with Gasteiger partial charge in [-0.15, -0.1) is 0 Å². The monoisotopic (exact) mass is 368 g/mol. The van der Waals surface area contributed by atoms with Crippen LogP contribution in [-0.4, -0.2) is 84.8 Å². The van der Waals surface area contributed by atoms with Crippen LogP contribution >= 0.6 is 0 Å². The smallest absolute Gasteiger partial charge is 0.255 e. The highest BCUT2D eigenvalue weighted by Gasteiger charge is 2.33. The highest BCUT2D eigenvalue weighted by atomic mass is 32.2. The molecule has 0 bridgehead atoms. The number of aromatic amines is 1. The van der Waals surface area contributed by atoms with Crippen molar-refractivity contribution in [1.29, 1.82) is 0 Å². The number of amides is 2. The minimum Gasteiger partial charge on any atom is -0.367 e. The lowest BCUT2D eigenvalue weighted by Crippen LogP contribution is -2.53. The maximum absolute atomic E-state index is 12.7. The van der Waals surface area contributed by atoms with Gasteiger partial charge in [-0.1, -0.05) is 0 Å². The summed E-state index contributed by atoms with van der Waals surface area (Å²) in [5.74, 6) is -0.0540. The molecule has 0 atom stereocenters. The van der Waals surface area contributed by atoms with Crippen molar-refractivity contribution >= 4 is 21.8 Å². The number of H-pyrrole nitrogens is 1. The van der Waals surface area contributed by atoms with Crippen LogP contribution in [0.15, 0.2) is 18.5 Å². The molecular weight excluding hydrogens is 344 g/mol. The molecule has 2 aliphatic rings. The topological polar surface area (TPSA) is 93.8 Å². The number of carbonyl (C=O) groups excluding carboxylic acids is 2. The molecule has 2 aliphatic heterocycles. The van der Waals surface area contributed by atoms with E-state index in [-0.39, 0.29) is 17.7 Å². The van der Waals surface area contributed by atoms with E-state index in [4.69, 9.17) is 0 Å². The Morgan fingerprint density at radius 3 is 2.16 bits per heavy atom. The Morgan fingerprint density at radius 1 is 1.04 bits per heavy atom. The molecule has 0 spiro atoms. The first-order valence-electron chi connectivity index (χ1n) is 8.52. The van der Waals surface area contributed by atoms with Gasteiger partial charge in [-0.25, -0.2) is 12.7 Å². The van der Waals surface area contributed by atoms with Gasteiger partial charge in [0, 0.05) is 57.6 Å². The summed E-state index contributed by atoms with van der Waals surface area (Å²) in [4.78, 5) is 31.4. The van der Waals surface area contributed by atoms with Crippen LogP contribution in [0.25, 0.3) is 0 Å². The van der Waals surface area contributed by atoms with E-state index >= 15 is 0 Å². The van der Waals surface area contributed by atoms with Crippen LogP contribution in [0.2, 0.25) is 0 Å². The second-order valence-electron chi connectivity index (χ2n) is 6.65. The van der Waals surface area contributed by atoms with Gasteiger partial charge in [0.25, 0.3) is 5.91 Å². The molecule has 0 saturated carbocycles. The zero-order valence-corrected chi connectivity index (χ0v) is 15.2. The van der Waals surface area contributed by atoms with Crippen molar-refractivity contribution < 1.29 is 18.0 Å². The van der Waals surface area contributed by atoms with E-state index < -0.39 is 10.0 Å². The summed E-state index contributed by atoms with van der Waals surface area (Å²) >= 11 is 0. The van der Waals surface area contributed by atoms with E-state index in [9.17, 15) is 18.0 Å². The first-order chi connectivity index (χ1) is 11.9. The lowest BCUT2D eigenvalue weighted by molar-refractivity contribution is -0.138. The van der Waals surface area contributed by atoms with Crippen molar-refractivity contribution in [2.75, 3.05) is 45.5 Å². The predicted octanol–water partition coefficient (Wildman–Crippen LogP) is -0.0293. The normalized spacial score (nSPS) is 20.7. The van der Waals surface area contributed by atoms with Crippen LogP contribution in [0.4, 0.5) is 0 Å². The molecule has 2 fully saturated rings. The third kappa shape index (κ3) is 4.04. The first-order valence-corrected chi connectivity index (χ1v) is 10.4. The maximum atomic E-state index is 12.7. The quantitative estimate of drug-likeness (QED) is 0.811. The van der Waals surface area contributed by atoms with Crippen LogP contribution in [0.5, 0.6) is 0 Å². The van der Waals surface area contributed by atoms with Gasteiger partial charge >= 0.3 is 0 Å². The van der Waals surface area contributed by atoms with Crippen molar-refractivity contribution in [2.24, 2.45) is 5.92 Å². The van der Waals surface area contributed by atoms with Gasteiger partial charge in [-0.3, -0.25) is 9.59 Å². The molecular formula is C16H24N4O4S. The lowest BCUT2D eigenvalue weighted by Gasteiger charge is -2.38. The molecule has 1 aromatic heterocycles. The van der Waals surface area contributed by atoms with Gasteiger partial charge in [-0.2, -0.15) is 0 Å². The standard InChI is InChI=1S/C16H24N4O4S/c1-25(23,24)20-6-3-13(4-7-20)15(21)18-8-10-19(11-9-18)16(22)14-2-5-17-12-14/h2,5,12-13,17H,3-4,6-11H2,1H3. The van der Waals surface area contributed by atoms with E-state index in [1.165, 1.54) is 10.6 Å². The summed E-state index contributed by atoms with van der Waals surface area (Å²) in [5, 5.41) is 0. The number of sulfonamides is 1. The van der Waals surface area contributed by atoms with Crippen LogP contribution in [0.3, 0.4) is 0 Å². The van der Waals surface area contributed by atoms with Gasteiger partial charge in [0.15, 0.2) is 0 Å². The number of hydrogen-bond acceptors (Lipinski definition) is 4. The average Bonchev–Trinajstić information content (AvgIpc) is 3.14. The second kappa shape index (κ2) is 7.17. The number of nitrogens with one attached hydrogen (secondary N) is 1. The van der Waals surface area contributed by atoms with Gasteiger partial charge in [0.05, 0.1) is 11.8 Å². The summed E-state index contributed by atoms with van der Waals surface area (Å²) < 4.78 is 24.5. The molecule has 3 heterocycles. The number of aromatic nitrogens is 1. The minimum atomic E-state index is -3.18. The largest absolute Gasteiger partial charge is 0.367 e. The number of hydrogen-bond donors (Lipinski definition) is 1. The lowest BCUT2D eigenvalue weighted by atomic mass is 9.96. The Hall–Kier alpha value is -1.87. The second-order valence-corrected chi connectivity index (χ2v) is 8.64. The molecule has 9 heteroatoms. The fourth-order valence-corrected chi connectivity index (χ4v) is 4.34. The van der Waals surface area contributed by atoms with Gasteiger partial charge < -0.3 is 14.8 Å². The number of piperidine rings is 1. The Morgan fingerprint density at radius 2 is 1.64 bits per heavy atom. The first kappa shape index (κ1) is 17.9. The number of nitrogens with zero attached hydrogens (tertiary/aromatic N) is 3. The molecule has 138 valence electrons. The summed E-state index contributed by atoms with van der Waals surface area (Å²) in [6.07, 6.45) is 5.73. The molecule has 1 N–H and O–H groups in total. The summed E-state index contributed by atoms with van der Waals surface area (Å²) in [6, 6.07) is 1.75. The molecule has 0 radical (unpaired) electrons. The molecule has 3 rings (SSSR count). The van der Waals surface area contributed by atoms with E-state index in [2.05, 4.69) is 4.98 Å². The van der Waals surface area contributed by atoms with Gasteiger partial charge in [0.1, 0.15) is 0 Å². The fraction of sp³-hybridized carbons (Fsp3) is 0.625. The summed E-state index contributed by atoms with van der Waals surface area (Å²) in [5.41, 5.74) is 0.632. The van der Waals surface area contributed by atoms with Crippen molar-refractivity contribution in [2.45, 2.75) is 12.8 Å². The molecule has 2 amide bonds. The zero-order valence-electron chi connectivity index (χ0n) is 14.3. The number of piperazine rings is 1. The van der Waals surface area contributed by atoms with E-state index in [0.29, 0.717) is 57.7 Å². The predicted molar refractivity (Wildman–Crippen MR) is 92.4 cm³/mol. The van der Waals surface area contributed by atoms with Crippen molar-refractivity contribution in [3.05, 3.63) is 24.0 Å². The molecule has 25 heavy (non-hydrogen) atoms. The Labute approximate surface area is 147 Å². The van der Waals surface area contributed by atoms with E-state index in [1.54, 1.807) is 23.4 Å². The third-order valence-corrected chi connectivity index (χ3v) is 6.30. The molecule has 0 aliphatic carbocycles. The Balaban J connectivity index is 1.50. The molecule has 0 unspecified atom stereocenters. The molecule has 1 aromatic rings. The zero-order chi connectivity index (χ0) is 18.0. The SMILES string of the molecule is CS(=O)(=O)N1CCC(C(=O)N2CCN(C(=O)c3cc[nH]c3)CC2)CC1. The van der Waals surface area contributed by atoms with Crippen LogP contribution in [0, 0.1) is 5.92 Å². The average molecular weight is 368 g/mol. The van der Waals surface area contributed by atoms with Gasteiger partial charge in [0.2, 0.25) is 15.9 Å². The number of rotatable bonds is 3. The molecule has 0 aromatic carbocycles. The van der Waals surface area contributed by atoms with E-state index in [1.807, 2.05) is 4.90 Å². The van der Waals surface area contributed by atoms with Crippen molar-refractivity contribution in [3.8, 4) is 0 Å². The maximum Gasteiger partial charge on any atom is 0.255 e. The minimum absolute atomic E-state index is 0.0187. The van der Waals surface area contributed by atoms with Crippen LogP contribution in [0.1, 0.15) is 23.2 Å². The van der Waals surface area contributed by atoms with E-state index in [0.717, 1.165) is 0 Å². The summed E-state index contributed by atoms with van der Waals surface area (Å²) in [7, 11) is -3.18. The van der Waals surface area contributed by atoms with Crippen LogP contribution in [-0.2, 0) is 14.8 Å². The summed E-state index contributed by atoms with van der Waals surface area (Å²) in [6.45, 7) is 2.92. The molecule has 2 saturated heterocycles. The highest BCUT2D eigenvalue weighted by Crippen LogP contribution is 2.22. The third-order valence-electron chi connectivity index (χ3n) is 5.00. The van der Waals surface area contributed by atoms with Crippen LogP contribution < -0.4 is 0 Å². The van der Waals surface area contributed by atoms with Crippen molar-refractivity contribution in [1.82, 2.24) is 19.1 Å². The Bertz CT molecular complexity index is 715. The Kier molecular flexibility index (Phi) is 5.14. The number of carbonyl (C=O) groups is 2. The fourth-order valence-electron chi connectivity index (χ4n) is 3.46. The van der Waals surface area contributed by atoms with Crippen molar-refractivity contribution in [3.63, 3.8) is 0 Å². The van der Waals surface area contributed by atoms with Gasteiger partial charge in [-0.05, 0) is 18.9 Å². The molecule has 8 nitrogen and oxygen atoms in total. The highest BCUT2D eigenvalue weighted by molar-refractivity contribution is 7.88.